The van der Waals surface area contributed by atoms with Gasteiger partial charge in [-0.2, -0.15) is 0 Å². The molecule has 0 fully saturated rings. The number of nitrogens with two attached hydrogens (primary N) is 1. The highest BCUT2D eigenvalue weighted by Gasteiger charge is 2.32. The highest BCUT2D eigenvalue weighted by atomic mass is 19.1. The Balaban J connectivity index is 2.10. The lowest BCUT2D eigenvalue weighted by Crippen LogP contribution is -2.39. The third kappa shape index (κ3) is 2.56. The monoisotopic (exact) mass is 314 g/mol. The Morgan fingerprint density at radius 2 is 2.04 bits per heavy atom. The van der Waals surface area contributed by atoms with E-state index in [9.17, 15) is 4.39 Å². The number of anilines is 2. The van der Waals surface area contributed by atoms with E-state index in [1.807, 2.05) is 25.1 Å². The predicted molar refractivity (Wildman–Crippen MR) is 90.4 cm³/mol. The summed E-state index contributed by atoms with van der Waals surface area (Å²) in [5.41, 5.74) is 8.19. The minimum Gasteiger partial charge on any atom is -0.494 e. The number of amidine groups is 1. The number of ether oxygens (including phenoxy) is 1. The van der Waals surface area contributed by atoms with E-state index >= 15 is 0 Å². The molecule has 1 aliphatic rings. The van der Waals surface area contributed by atoms with E-state index < -0.39 is 11.5 Å². The molecular formula is C17H19FN4O. The van der Waals surface area contributed by atoms with Crippen molar-refractivity contribution in [1.29, 1.82) is 0 Å². The van der Waals surface area contributed by atoms with Crippen molar-refractivity contribution in [1.82, 2.24) is 5.32 Å². The summed E-state index contributed by atoms with van der Waals surface area (Å²) < 4.78 is 19.0. The highest BCUT2D eigenvalue weighted by Crippen LogP contribution is 2.36. The van der Waals surface area contributed by atoms with Crippen molar-refractivity contribution in [3.63, 3.8) is 0 Å². The summed E-state index contributed by atoms with van der Waals surface area (Å²) in [4.78, 5) is 4.71. The topological polar surface area (TPSA) is 71.7 Å². The molecule has 2 aromatic rings. The molecule has 4 N–H and O–H groups in total. The van der Waals surface area contributed by atoms with Crippen LogP contribution in [-0.4, -0.2) is 20.0 Å². The molecule has 0 aromatic heterocycles. The molecular weight excluding hydrogens is 295 g/mol. The fourth-order valence-corrected chi connectivity index (χ4v) is 2.74. The summed E-state index contributed by atoms with van der Waals surface area (Å²) in [7, 11) is 3.24. The molecule has 0 saturated carbocycles. The summed E-state index contributed by atoms with van der Waals surface area (Å²) in [5, 5.41) is 6.44. The van der Waals surface area contributed by atoms with Crippen molar-refractivity contribution in [2.45, 2.75) is 12.6 Å². The molecule has 0 saturated heterocycles. The van der Waals surface area contributed by atoms with E-state index in [-0.39, 0.29) is 5.75 Å². The molecule has 1 heterocycles. The lowest BCUT2D eigenvalue weighted by Gasteiger charge is -2.34. The fourth-order valence-electron chi connectivity index (χ4n) is 2.74. The first-order valence-electron chi connectivity index (χ1n) is 7.26. The largest absolute Gasteiger partial charge is 0.494 e. The van der Waals surface area contributed by atoms with Crippen molar-refractivity contribution >= 4 is 17.2 Å². The molecule has 23 heavy (non-hydrogen) atoms. The number of benzene rings is 2. The van der Waals surface area contributed by atoms with Crippen LogP contribution in [0.15, 0.2) is 41.4 Å². The van der Waals surface area contributed by atoms with Crippen LogP contribution in [0.3, 0.4) is 0 Å². The molecule has 5 nitrogen and oxygen atoms in total. The zero-order valence-corrected chi connectivity index (χ0v) is 13.3. The number of halogens is 1. The van der Waals surface area contributed by atoms with Gasteiger partial charge in [0.2, 0.25) is 0 Å². The van der Waals surface area contributed by atoms with Gasteiger partial charge in [-0.05, 0) is 37.3 Å². The molecule has 120 valence electrons. The molecule has 0 aliphatic carbocycles. The summed E-state index contributed by atoms with van der Waals surface area (Å²) in [6, 6.07) is 10.4. The van der Waals surface area contributed by atoms with Gasteiger partial charge in [-0.1, -0.05) is 6.07 Å². The second kappa shape index (κ2) is 5.46. The van der Waals surface area contributed by atoms with Crippen LogP contribution in [0, 0.1) is 5.82 Å². The van der Waals surface area contributed by atoms with Gasteiger partial charge < -0.3 is 21.1 Å². The van der Waals surface area contributed by atoms with Crippen molar-refractivity contribution in [3.05, 3.63) is 53.3 Å². The van der Waals surface area contributed by atoms with Crippen LogP contribution < -0.4 is 21.1 Å². The Morgan fingerprint density at radius 1 is 1.26 bits per heavy atom. The Morgan fingerprint density at radius 3 is 2.70 bits per heavy atom. The molecule has 1 unspecified atom stereocenters. The number of nitrogen functional groups attached to an aromatic ring is 1. The average Bonchev–Trinajstić information content (AvgIpc) is 2.54. The van der Waals surface area contributed by atoms with Crippen LogP contribution in [0.2, 0.25) is 0 Å². The molecule has 0 spiro atoms. The quantitative estimate of drug-likeness (QED) is 0.745. The fraction of sp³-hybridized carbons (Fsp3) is 0.235. The molecule has 0 bridgehead atoms. The lowest BCUT2D eigenvalue weighted by molar-refractivity contribution is 0.385. The Hall–Kier alpha value is -2.76. The second-order valence-electron chi connectivity index (χ2n) is 5.56. The van der Waals surface area contributed by atoms with Crippen LogP contribution in [0.5, 0.6) is 5.75 Å². The summed E-state index contributed by atoms with van der Waals surface area (Å²) in [6.45, 7) is 1.89. The minimum absolute atomic E-state index is 0.208. The van der Waals surface area contributed by atoms with E-state index in [1.54, 1.807) is 19.2 Å². The first-order chi connectivity index (χ1) is 11.0. The van der Waals surface area contributed by atoms with E-state index in [2.05, 4.69) is 10.6 Å². The number of methoxy groups -OCH3 is 1. The van der Waals surface area contributed by atoms with Gasteiger partial charge in [-0.25, -0.2) is 9.38 Å². The van der Waals surface area contributed by atoms with Crippen LogP contribution >= 0.6 is 0 Å². The van der Waals surface area contributed by atoms with Crippen molar-refractivity contribution in [2.75, 3.05) is 25.2 Å². The van der Waals surface area contributed by atoms with Gasteiger partial charge in [0.15, 0.2) is 17.2 Å². The van der Waals surface area contributed by atoms with Crippen molar-refractivity contribution in [3.8, 4) is 5.75 Å². The maximum atomic E-state index is 14.1. The number of nitrogens with one attached hydrogen (secondary N) is 2. The first-order valence-corrected chi connectivity index (χ1v) is 7.26. The molecule has 1 atom stereocenters. The van der Waals surface area contributed by atoms with E-state index in [4.69, 9.17) is 15.5 Å². The van der Waals surface area contributed by atoms with Gasteiger partial charge in [0.25, 0.3) is 0 Å². The normalized spacial score (nSPS) is 19.4. The van der Waals surface area contributed by atoms with Gasteiger partial charge in [0.1, 0.15) is 5.84 Å². The zero-order chi connectivity index (χ0) is 16.6. The van der Waals surface area contributed by atoms with E-state index in [0.717, 1.165) is 11.3 Å². The zero-order valence-electron chi connectivity index (χ0n) is 13.3. The predicted octanol–water partition coefficient (Wildman–Crippen LogP) is 2.68. The number of rotatable bonds is 2. The van der Waals surface area contributed by atoms with Crippen molar-refractivity contribution < 1.29 is 9.13 Å². The maximum absolute atomic E-state index is 14.1. The van der Waals surface area contributed by atoms with Crippen LogP contribution in [0.25, 0.3) is 0 Å². The van der Waals surface area contributed by atoms with Gasteiger partial charge in [0, 0.05) is 29.5 Å². The smallest absolute Gasteiger partial charge is 0.165 e. The molecule has 1 aliphatic heterocycles. The average molecular weight is 314 g/mol. The Bertz CT molecular complexity index is 790. The van der Waals surface area contributed by atoms with Crippen LogP contribution in [0.4, 0.5) is 15.8 Å². The number of nitrogens with zero attached hydrogens (tertiary/aromatic N) is 1. The van der Waals surface area contributed by atoms with E-state index in [1.165, 1.54) is 13.2 Å². The van der Waals surface area contributed by atoms with Gasteiger partial charge >= 0.3 is 0 Å². The first kappa shape index (κ1) is 15.1. The second-order valence-corrected chi connectivity index (χ2v) is 5.56. The van der Waals surface area contributed by atoms with E-state index in [0.29, 0.717) is 17.1 Å². The molecule has 0 radical (unpaired) electrons. The standard InChI is InChI=1S/C17H19FN4O/c1-17(10-4-7-15(23-3)13(18)8-10)21-14-6-5-11(19)9-12(14)16(20-2)22-17/h4-9,21H,19H2,1-3H3,(H,20,22). The van der Waals surface area contributed by atoms with Crippen molar-refractivity contribution in [2.24, 2.45) is 4.99 Å². The highest BCUT2D eigenvalue weighted by molar-refractivity contribution is 6.05. The van der Waals surface area contributed by atoms with Gasteiger partial charge in [0.05, 0.1) is 7.11 Å². The summed E-state index contributed by atoms with van der Waals surface area (Å²) in [6.07, 6.45) is 0. The third-order valence-electron chi connectivity index (χ3n) is 3.96. The molecule has 2 aromatic carbocycles. The molecule has 0 amide bonds. The van der Waals surface area contributed by atoms with Gasteiger partial charge in [-0.15, -0.1) is 0 Å². The minimum atomic E-state index is -0.797. The maximum Gasteiger partial charge on any atom is 0.165 e. The number of hydrogen-bond donors (Lipinski definition) is 3. The lowest BCUT2D eigenvalue weighted by atomic mass is 9.97. The van der Waals surface area contributed by atoms with Crippen LogP contribution in [0.1, 0.15) is 18.1 Å². The van der Waals surface area contributed by atoms with Crippen LogP contribution in [-0.2, 0) is 5.66 Å². The van der Waals surface area contributed by atoms with Gasteiger partial charge in [-0.3, -0.25) is 0 Å². The molecule has 3 rings (SSSR count). The molecule has 6 heteroatoms. The number of aliphatic imine (C=N–C) groups is 1. The Kier molecular flexibility index (Phi) is 3.60. The summed E-state index contributed by atoms with van der Waals surface area (Å²) >= 11 is 0. The summed E-state index contributed by atoms with van der Waals surface area (Å²) in [5.74, 6) is 0.487. The Labute approximate surface area is 134 Å². The SMILES string of the molecule is CNC1=NC(C)(c2ccc(OC)c(F)c2)Nc2ccc(N)cc21. The number of hydrogen-bond acceptors (Lipinski definition) is 5. The number of fused-ring (bicyclic) bond motifs is 1. The third-order valence-corrected chi connectivity index (χ3v) is 3.96.